The Morgan fingerprint density at radius 2 is 1.76 bits per heavy atom. The molecule has 0 spiro atoms. The van der Waals surface area contributed by atoms with E-state index in [1.165, 1.54) is 11.3 Å². The number of piperidine rings is 1. The Balaban J connectivity index is 1.59. The third kappa shape index (κ3) is 6.54. The van der Waals surface area contributed by atoms with Gasteiger partial charge in [0.2, 0.25) is 10.0 Å². The van der Waals surface area contributed by atoms with E-state index in [9.17, 15) is 13.2 Å². The lowest BCUT2D eigenvalue weighted by molar-refractivity contribution is 0.0986. The van der Waals surface area contributed by atoms with E-state index in [0.29, 0.717) is 48.8 Å². The SMILES string of the molecule is CCOc1ccc2nc(N(CCCN(C)C)C(=O)c3ccc(S(=O)(=O)N4CC(C)CC(C)C4)cc3)sc2c1. The van der Waals surface area contributed by atoms with Gasteiger partial charge in [-0.1, -0.05) is 25.2 Å². The van der Waals surface area contributed by atoms with Gasteiger partial charge in [0.25, 0.3) is 5.91 Å². The molecule has 1 aromatic heterocycles. The highest BCUT2D eigenvalue weighted by molar-refractivity contribution is 7.89. The van der Waals surface area contributed by atoms with Crippen LogP contribution >= 0.6 is 11.3 Å². The largest absolute Gasteiger partial charge is 0.494 e. The molecule has 1 aliphatic heterocycles. The average Bonchev–Trinajstić information content (AvgIpc) is 3.29. The summed E-state index contributed by atoms with van der Waals surface area (Å²) in [7, 11) is 0.392. The lowest BCUT2D eigenvalue weighted by atomic mass is 9.94. The number of fused-ring (bicyclic) bond motifs is 1. The van der Waals surface area contributed by atoms with E-state index in [1.54, 1.807) is 33.5 Å². The molecule has 206 valence electrons. The monoisotopic (exact) mass is 558 g/mol. The summed E-state index contributed by atoms with van der Waals surface area (Å²) < 4.78 is 34.8. The predicted molar refractivity (Wildman–Crippen MR) is 154 cm³/mol. The molecule has 0 radical (unpaired) electrons. The zero-order chi connectivity index (χ0) is 27.4. The van der Waals surface area contributed by atoms with Crippen LogP contribution in [0.15, 0.2) is 47.4 Å². The molecule has 4 rings (SSSR count). The normalized spacial score (nSPS) is 18.7. The van der Waals surface area contributed by atoms with Crippen molar-refractivity contribution in [3.63, 3.8) is 0 Å². The first-order valence-electron chi connectivity index (χ1n) is 13.2. The van der Waals surface area contributed by atoms with Crippen LogP contribution in [-0.4, -0.2) is 75.4 Å². The Morgan fingerprint density at radius 1 is 1.08 bits per heavy atom. The second-order valence-corrected chi connectivity index (χ2v) is 13.4. The van der Waals surface area contributed by atoms with E-state index in [-0.39, 0.29) is 10.8 Å². The number of rotatable bonds is 10. The Hall–Kier alpha value is -2.53. The number of carbonyl (C=O) groups is 1. The van der Waals surface area contributed by atoms with Gasteiger partial charge in [-0.3, -0.25) is 9.69 Å². The zero-order valence-electron chi connectivity index (χ0n) is 22.9. The molecule has 3 aromatic rings. The summed E-state index contributed by atoms with van der Waals surface area (Å²) in [5.41, 5.74) is 1.24. The third-order valence-corrected chi connectivity index (χ3v) is 9.58. The van der Waals surface area contributed by atoms with Gasteiger partial charge in [-0.15, -0.1) is 0 Å². The number of thiazole rings is 1. The molecular weight excluding hydrogens is 520 g/mol. The number of benzene rings is 2. The molecule has 1 saturated heterocycles. The fourth-order valence-electron chi connectivity index (χ4n) is 4.97. The highest BCUT2D eigenvalue weighted by atomic mass is 32.2. The first-order valence-corrected chi connectivity index (χ1v) is 15.4. The quantitative estimate of drug-likeness (QED) is 0.350. The highest BCUT2D eigenvalue weighted by Crippen LogP contribution is 2.33. The second-order valence-electron chi connectivity index (χ2n) is 10.5. The van der Waals surface area contributed by atoms with Gasteiger partial charge in [0.1, 0.15) is 5.75 Å². The van der Waals surface area contributed by atoms with Crippen molar-refractivity contribution in [2.75, 3.05) is 51.8 Å². The van der Waals surface area contributed by atoms with Crippen LogP contribution in [0.5, 0.6) is 5.75 Å². The van der Waals surface area contributed by atoms with Crippen LogP contribution in [0, 0.1) is 11.8 Å². The van der Waals surface area contributed by atoms with Crippen molar-refractivity contribution < 1.29 is 17.9 Å². The smallest absolute Gasteiger partial charge is 0.260 e. The molecule has 8 nitrogen and oxygen atoms in total. The van der Waals surface area contributed by atoms with Gasteiger partial charge in [-0.25, -0.2) is 13.4 Å². The number of carbonyl (C=O) groups excluding carboxylic acids is 1. The van der Waals surface area contributed by atoms with E-state index in [1.807, 2.05) is 39.2 Å². The second kappa shape index (κ2) is 12.1. The van der Waals surface area contributed by atoms with E-state index < -0.39 is 10.0 Å². The van der Waals surface area contributed by atoms with Crippen LogP contribution in [-0.2, 0) is 10.0 Å². The zero-order valence-corrected chi connectivity index (χ0v) is 24.5. The average molecular weight is 559 g/mol. The lowest BCUT2D eigenvalue weighted by Gasteiger charge is -2.34. The number of sulfonamides is 1. The summed E-state index contributed by atoms with van der Waals surface area (Å²) in [6, 6.07) is 12.1. The maximum Gasteiger partial charge on any atom is 0.260 e. The molecule has 38 heavy (non-hydrogen) atoms. The maximum absolute atomic E-state index is 13.7. The summed E-state index contributed by atoms with van der Waals surface area (Å²) in [5, 5.41) is 0.616. The number of amides is 1. The summed E-state index contributed by atoms with van der Waals surface area (Å²) >= 11 is 1.45. The Kier molecular flexibility index (Phi) is 9.07. The molecule has 1 fully saturated rings. The Labute approximate surface area is 230 Å². The molecule has 1 amide bonds. The minimum absolute atomic E-state index is 0.197. The van der Waals surface area contributed by atoms with Crippen LogP contribution in [0.2, 0.25) is 0 Å². The molecule has 0 aliphatic carbocycles. The maximum atomic E-state index is 13.7. The van der Waals surface area contributed by atoms with Crippen LogP contribution in [0.4, 0.5) is 5.13 Å². The van der Waals surface area contributed by atoms with Crippen molar-refractivity contribution in [3.05, 3.63) is 48.0 Å². The van der Waals surface area contributed by atoms with Gasteiger partial charge in [0.05, 0.1) is 21.7 Å². The molecule has 2 heterocycles. The van der Waals surface area contributed by atoms with Crippen LogP contribution in [0.1, 0.15) is 44.0 Å². The van der Waals surface area contributed by atoms with Crippen LogP contribution in [0.3, 0.4) is 0 Å². The molecule has 2 atom stereocenters. The summed E-state index contributed by atoms with van der Waals surface area (Å²) in [4.78, 5) is 22.5. The standard InChI is InChI=1S/C28H38N4O4S2/c1-6-36-23-10-13-25-26(17-23)37-28(29-25)32(15-7-14-30(4)5)27(33)22-8-11-24(12-9-22)38(34,35)31-18-20(2)16-21(3)19-31/h8-13,17,20-21H,6-7,14-16,18-19H2,1-5H3. The van der Waals surface area contributed by atoms with Crippen molar-refractivity contribution in [2.24, 2.45) is 11.8 Å². The van der Waals surface area contributed by atoms with Gasteiger partial charge >= 0.3 is 0 Å². The van der Waals surface area contributed by atoms with Gasteiger partial charge in [-0.05, 0) is 94.7 Å². The topological polar surface area (TPSA) is 83.0 Å². The minimum Gasteiger partial charge on any atom is -0.494 e. The van der Waals surface area contributed by atoms with Gasteiger partial charge in [0, 0.05) is 25.2 Å². The summed E-state index contributed by atoms with van der Waals surface area (Å²) in [5.74, 6) is 1.22. The van der Waals surface area contributed by atoms with Crippen molar-refractivity contribution >= 4 is 42.6 Å². The first kappa shape index (κ1) is 28.5. The summed E-state index contributed by atoms with van der Waals surface area (Å²) in [6.45, 7) is 9.07. The molecule has 10 heteroatoms. The molecule has 1 aliphatic rings. The van der Waals surface area contributed by atoms with Gasteiger partial charge in [-0.2, -0.15) is 4.31 Å². The van der Waals surface area contributed by atoms with Crippen LogP contribution < -0.4 is 9.64 Å². The number of aromatic nitrogens is 1. The van der Waals surface area contributed by atoms with Gasteiger partial charge in [0.15, 0.2) is 5.13 Å². The minimum atomic E-state index is -3.61. The van der Waals surface area contributed by atoms with Crippen molar-refractivity contribution in [3.8, 4) is 5.75 Å². The Bertz CT molecular complexity index is 1340. The van der Waals surface area contributed by atoms with Crippen LogP contribution in [0.25, 0.3) is 10.2 Å². The fraction of sp³-hybridized carbons (Fsp3) is 0.500. The van der Waals surface area contributed by atoms with E-state index in [4.69, 9.17) is 9.72 Å². The fourth-order valence-corrected chi connectivity index (χ4v) is 7.67. The molecule has 0 saturated carbocycles. The number of ether oxygens (including phenoxy) is 1. The first-order chi connectivity index (χ1) is 18.1. The third-order valence-electron chi connectivity index (χ3n) is 6.70. The predicted octanol–water partition coefficient (Wildman–Crippen LogP) is 4.96. The number of hydrogen-bond donors (Lipinski definition) is 0. The molecule has 2 unspecified atom stereocenters. The Morgan fingerprint density at radius 3 is 2.39 bits per heavy atom. The lowest BCUT2D eigenvalue weighted by Crippen LogP contribution is -2.42. The van der Waals surface area contributed by atoms with Gasteiger partial charge < -0.3 is 9.64 Å². The van der Waals surface area contributed by atoms with E-state index in [2.05, 4.69) is 18.7 Å². The molecule has 0 bridgehead atoms. The van der Waals surface area contributed by atoms with Crippen molar-refractivity contribution in [1.82, 2.24) is 14.2 Å². The molecular formula is C28H38N4O4S2. The van der Waals surface area contributed by atoms with E-state index >= 15 is 0 Å². The molecule has 0 N–H and O–H groups in total. The van der Waals surface area contributed by atoms with E-state index in [0.717, 1.165) is 35.4 Å². The summed E-state index contributed by atoms with van der Waals surface area (Å²) in [6.07, 6.45) is 1.80. The number of hydrogen-bond acceptors (Lipinski definition) is 7. The van der Waals surface area contributed by atoms with Crippen molar-refractivity contribution in [1.29, 1.82) is 0 Å². The highest BCUT2D eigenvalue weighted by Gasteiger charge is 2.32. The van der Waals surface area contributed by atoms with Crippen molar-refractivity contribution in [2.45, 2.75) is 38.5 Å². The number of nitrogens with zero attached hydrogens (tertiary/aromatic N) is 4. The number of anilines is 1. The molecule has 2 aromatic carbocycles.